The summed E-state index contributed by atoms with van der Waals surface area (Å²) < 4.78 is 0. The quantitative estimate of drug-likeness (QED) is 0.578. The summed E-state index contributed by atoms with van der Waals surface area (Å²) >= 11 is 0. The fourth-order valence-corrected chi connectivity index (χ4v) is 3.50. The van der Waals surface area contributed by atoms with E-state index in [1.807, 2.05) is 39.0 Å². The Hall–Kier alpha value is -2.66. The van der Waals surface area contributed by atoms with Crippen molar-refractivity contribution in [3.63, 3.8) is 0 Å². The first kappa shape index (κ1) is 23.6. The number of amides is 2. The van der Waals surface area contributed by atoms with Crippen LogP contribution in [0.15, 0.2) is 42.5 Å². The van der Waals surface area contributed by atoms with Gasteiger partial charge in [0, 0.05) is 11.7 Å². The van der Waals surface area contributed by atoms with E-state index >= 15 is 0 Å². The molecule has 0 aromatic heterocycles. The molecule has 3 N–H and O–H groups in total. The van der Waals surface area contributed by atoms with Crippen LogP contribution in [-0.4, -0.2) is 24.4 Å². The molecule has 0 aliphatic carbocycles. The van der Waals surface area contributed by atoms with Crippen molar-refractivity contribution in [1.82, 2.24) is 10.6 Å². The fraction of sp³-hybridized carbons (Fsp3) is 0.440. The summed E-state index contributed by atoms with van der Waals surface area (Å²) in [5, 5.41) is 9.05. The highest BCUT2D eigenvalue weighted by molar-refractivity contribution is 5.96. The van der Waals surface area contributed by atoms with E-state index in [1.165, 1.54) is 5.56 Å². The van der Waals surface area contributed by atoms with Gasteiger partial charge in [0.05, 0.1) is 12.6 Å². The minimum Gasteiger partial charge on any atom is -0.346 e. The highest BCUT2D eigenvalue weighted by atomic mass is 16.2. The molecule has 2 rings (SSSR count). The van der Waals surface area contributed by atoms with E-state index in [2.05, 4.69) is 61.0 Å². The number of para-hydroxylation sites is 1. The van der Waals surface area contributed by atoms with Crippen LogP contribution in [-0.2, 0) is 16.0 Å². The second-order valence-electron chi connectivity index (χ2n) is 8.24. The molecule has 0 spiro atoms. The fourth-order valence-electron chi connectivity index (χ4n) is 3.50. The molecule has 0 aliphatic rings. The van der Waals surface area contributed by atoms with Gasteiger partial charge < -0.3 is 10.6 Å². The molecular weight excluding hydrogens is 374 g/mol. The van der Waals surface area contributed by atoms with E-state index in [9.17, 15) is 9.59 Å². The molecule has 162 valence electrons. The molecule has 5 heteroatoms. The molecule has 5 nitrogen and oxygen atoms in total. The molecule has 0 saturated heterocycles. The van der Waals surface area contributed by atoms with Crippen LogP contribution >= 0.6 is 0 Å². The molecule has 0 aliphatic heterocycles. The van der Waals surface area contributed by atoms with Crippen molar-refractivity contribution < 1.29 is 9.59 Å². The van der Waals surface area contributed by atoms with Crippen molar-refractivity contribution in [2.24, 2.45) is 5.92 Å². The van der Waals surface area contributed by atoms with E-state index in [0.29, 0.717) is 5.92 Å². The maximum absolute atomic E-state index is 12.6. The zero-order valence-corrected chi connectivity index (χ0v) is 19.0. The van der Waals surface area contributed by atoms with Crippen LogP contribution in [0, 0.1) is 19.8 Å². The number of aryl methyl sites for hydroxylation is 3. The van der Waals surface area contributed by atoms with Crippen LogP contribution in [0.25, 0.3) is 0 Å². The van der Waals surface area contributed by atoms with Crippen molar-refractivity contribution in [3.05, 3.63) is 64.7 Å². The molecule has 0 heterocycles. The Morgan fingerprint density at radius 3 is 2.07 bits per heavy atom. The number of nitrogens with one attached hydrogen (secondary N) is 3. The van der Waals surface area contributed by atoms with Crippen LogP contribution in [0.2, 0.25) is 0 Å². The molecule has 30 heavy (non-hydrogen) atoms. The third-order valence-corrected chi connectivity index (χ3v) is 5.41. The molecule has 2 aromatic rings. The van der Waals surface area contributed by atoms with Gasteiger partial charge in [-0.15, -0.1) is 0 Å². The third kappa shape index (κ3) is 6.42. The second kappa shape index (κ2) is 10.9. The first-order chi connectivity index (χ1) is 14.2. The summed E-state index contributed by atoms with van der Waals surface area (Å²) in [5.74, 6) is -0.106. The molecule has 0 unspecified atom stereocenters. The predicted molar refractivity (Wildman–Crippen MR) is 124 cm³/mol. The van der Waals surface area contributed by atoms with Crippen LogP contribution in [0.4, 0.5) is 5.69 Å². The minimum absolute atomic E-state index is 0.0556. The monoisotopic (exact) mass is 409 g/mol. The largest absolute Gasteiger partial charge is 0.346 e. The van der Waals surface area contributed by atoms with Gasteiger partial charge in [0.15, 0.2) is 0 Å². The van der Waals surface area contributed by atoms with E-state index in [-0.39, 0.29) is 24.4 Å². The average molecular weight is 410 g/mol. The number of carbonyl (C=O) groups is 2. The van der Waals surface area contributed by atoms with Crippen molar-refractivity contribution in [3.8, 4) is 0 Å². The Bertz CT molecular complexity index is 839. The van der Waals surface area contributed by atoms with Gasteiger partial charge in [0.1, 0.15) is 0 Å². The lowest BCUT2D eigenvalue weighted by molar-refractivity contribution is -0.125. The summed E-state index contributed by atoms with van der Waals surface area (Å²) in [7, 11) is 0. The summed E-state index contributed by atoms with van der Waals surface area (Å²) in [4.78, 5) is 24.9. The van der Waals surface area contributed by atoms with E-state index in [4.69, 9.17) is 0 Å². The summed E-state index contributed by atoms with van der Waals surface area (Å²) in [5.41, 5.74) is 5.26. The van der Waals surface area contributed by atoms with Crippen LogP contribution in [0.3, 0.4) is 0 Å². The molecule has 2 aromatic carbocycles. The Morgan fingerprint density at radius 1 is 0.933 bits per heavy atom. The van der Waals surface area contributed by atoms with Gasteiger partial charge in [-0.2, -0.15) is 0 Å². The molecule has 0 fully saturated rings. The maximum atomic E-state index is 12.6. The lowest BCUT2D eigenvalue weighted by atomic mass is 9.94. The summed E-state index contributed by atoms with van der Waals surface area (Å²) in [6.07, 6.45) is 1.00. The van der Waals surface area contributed by atoms with Gasteiger partial charge in [0.2, 0.25) is 11.8 Å². The molecule has 0 bridgehead atoms. The first-order valence-electron chi connectivity index (χ1n) is 10.7. The lowest BCUT2D eigenvalue weighted by Crippen LogP contribution is -2.46. The zero-order chi connectivity index (χ0) is 22.3. The SMILES string of the molecule is CCc1ccc([C@H](N[C@H](C)C(=O)NCC(=O)Nc2c(C)cccc2C)C(C)C)cc1. The Balaban J connectivity index is 1.92. The van der Waals surface area contributed by atoms with Gasteiger partial charge >= 0.3 is 0 Å². The van der Waals surface area contributed by atoms with Gasteiger partial charge in [-0.05, 0) is 55.4 Å². The predicted octanol–water partition coefficient (Wildman–Crippen LogP) is 4.30. The van der Waals surface area contributed by atoms with E-state index in [1.54, 1.807) is 0 Å². The molecule has 2 amide bonds. The summed E-state index contributed by atoms with van der Waals surface area (Å²) in [6, 6.07) is 14.0. The van der Waals surface area contributed by atoms with Crippen LogP contribution in [0.5, 0.6) is 0 Å². The van der Waals surface area contributed by atoms with E-state index < -0.39 is 6.04 Å². The maximum Gasteiger partial charge on any atom is 0.243 e. The van der Waals surface area contributed by atoms with Gasteiger partial charge in [0.25, 0.3) is 0 Å². The average Bonchev–Trinajstić information content (AvgIpc) is 2.72. The van der Waals surface area contributed by atoms with Crippen molar-refractivity contribution in [2.45, 2.75) is 60.0 Å². The van der Waals surface area contributed by atoms with Gasteiger partial charge in [-0.25, -0.2) is 0 Å². The Labute approximate surface area is 180 Å². The molecule has 0 radical (unpaired) electrons. The number of hydrogen-bond acceptors (Lipinski definition) is 3. The van der Waals surface area contributed by atoms with Gasteiger partial charge in [-0.1, -0.05) is 63.2 Å². The molecule has 2 atom stereocenters. The Morgan fingerprint density at radius 2 is 1.53 bits per heavy atom. The van der Waals surface area contributed by atoms with Crippen molar-refractivity contribution in [2.75, 3.05) is 11.9 Å². The normalized spacial score (nSPS) is 13.0. The number of hydrogen-bond donors (Lipinski definition) is 3. The van der Waals surface area contributed by atoms with E-state index in [0.717, 1.165) is 28.8 Å². The minimum atomic E-state index is -0.420. The molecular formula is C25H35N3O2. The second-order valence-corrected chi connectivity index (χ2v) is 8.24. The first-order valence-corrected chi connectivity index (χ1v) is 10.7. The van der Waals surface area contributed by atoms with Crippen LogP contribution < -0.4 is 16.0 Å². The number of anilines is 1. The van der Waals surface area contributed by atoms with Crippen LogP contribution in [0.1, 0.15) is 56.0 Å². The highest BCUT2D eigenvalue weighted by Crippen LogP contribution is 2.23. The Kier molecular flexibility index (Phi) is 8.60. The highest BCUT2D eigenvalue weighted by Gasteiger charge is 2.22. The smallest absolute Gasteiger partial charge is 0.243 e. The van der Waals surface area contributed by atoms with Crippen molar-refractivity contribution >= 4 is 17.5 Å². The number of carbonyl (C=O) groups excluding carboxylic acids is 2. The zero-order valence-electron chi connectivity index (χ0n) is 19.0. The molecule has 0 saturated carbocycles. The summed E-state index contributed by atoms with van der Waals surface area (Å²) in [6.45, 7) is 12.1. The van der Waals surface area contributed by atoms with Gasteiger partial charge in [-0.3, -0.25) is 14.9 Å². The third-order valence-electron chi connectivity index (χ3n) is 5.41. The number of rotatable bonds is 9. The van der Waals surface area contributed by atoms with Crippen molar-refractivity contribution in [1.29, 1.82) is 0 Å². The number of benzene rings is 2. The topological polar surface area (TPSA) is 70.2 Å². The lowest BCUT2D eigenvalue weighted by Gasteiger charge is -2.26. The standard InChI is InChI=1S/C25H35N3O2/c1-7-20-11-13-21(14-12-20)23(16(2)3)27-19(6)25(30)26-15-22(29)28-24-17(4)9-8-10-18(24)5/h8-14,16,19,23,27H,7,15H2,1-6H3,(H,26,30)(H,28,29)/t19-,23-/m1/s1.